The van der Waals surface area contributed by atoms with E-state index in [4.69, 9.17) is 20.8 Å². The minimum atomic E-state index is -0.337. The predicted molar refractivity (Wildman–Crippen MR) is 103 cm³/mol. The van der Waals surface area contributed by atoms with Crippen molar-refractivity contribution in [1.29, 1.82) is 0 Å². The lowest BCUT2D eigenvalue weighted by Crippen LogP contribution is -2.18. The standard InChI is InChI=1S/C19H21ClN4O3/c1-23(2)8-9-24-12-15(11-21-24)22-19(25)18-7-6-17(27-18)13-26-16-5-3-4-14(20)10-16/h3-7,10-12H,8-9,13H2,1-2H3,(H,22,25). The first-order valence-electron chi connectivity index (χ1n) is 8.45. The van der Waals surface area contributed by atoms with Crippen LogP contribution in [0.5, 0.6) is 5.75 Å². The van der Waals surface area contributed by atoms with E-state index in [9.17, 15) is 4.79 Å². The quantitative estimate of drug-likeness (QED) is 0.639. The normalized spacial score (nSPS) is 11.0. The molecule has 0 saturated heterocycles. The van der Waals surface area contributed by atoms with Crippen LogP contribution in [-0.2, 0) is 13.2 Å². The van der Waals surface area contributed by atoms with E-state index in [0.29, 0.717) is 22.2 Å². The molecule has 0 saturated carbocycles. The fourth-order valence-electron chi connectivity index (χ4n) is 2.33. The summed E-state index contributed by atoms with van der Waals surface area (Å²) >= 11 is 5.92. The predicted octanol–water partition coefficient (Wildman–Crippen LogP) is 3.52. The number of anilines is 1. The highest BCUT2D eigenvalue weighted by Gasteiger charge is 2.13. The number of carbonyl (C=O) groups excluding carboxylic acids is 1. The van der Waals surface area contributed by atoms with Crippen molar-refractivity contribution in [3.8, 4) is 5.75 Å². The zero-order valence-electron chi connectivity index (χ0n) is 15.2. The maximum Gasteiger partial charge on any atom is 0.291 e. The molecule has 0 aliphatic rings. The maximum absolute atomic E-state index is 12.3. The number of benzene rings is 1. The van der Waals surface area contributed by atoms with Crippen LogP contribution >= 0.6 is 11.6 Å². The lowest BCUT2D eigenvalue weighted by atomic mass is 10.3. The smallest absolute Gasteiger partial charge is 0.291 e. The number of aromatic nitrogens is 2. The molecule has 2 heterocycles. The molecular weight excluding hydrogens is 368 g/mol. The fourth-order valence-corrected chi connectivity index (χ4v) is 2.51. The van der Waals surface area contributed by atoms with Crippen LogP contribution in [-0.4, -0.2) is 41.2 Å². The van der Waals surface area contributed by atoms with Gasteiger partial charge in [-0.25, -0.2) is 0 Å². The van der Waals surface area contributed by atoms with Gasteiger partial charge in [-0.05, 0) is 44.4 Å². The minimum absolute atomic E-state index is 0.204. The van der Waals surface area contributed by atoms with Crippen molar-refractivity contribution in [3.63, 3.8) is 0 Å². The van der Waals surface area contributed by atoms with Gasteiger partial charge in [0, 0.05) is 17.8 Å². The molecule has 1 aromatic carbocycles. The molecule has 8 heteroatoms. The number of halogens is 1. The lowest BCUT2D eigenvalue weighted by molar-refractivity contribution is 0.0992. The van der Waals surface area contributed by atoms with Gasteiger partial charge in [-0.3, -0.25) is 9.48 Å². The number of amides is 1. The van der Waals surface area contributed by atoms with E-state index in [2.05, 4.69) is 15.3 Å². The number of hydrogen-bond donors (Lipinski definition) is 1. The van der Waals surface area contributed by atoms with Crippen molar-refractivity contribution in [2.75, 3.05) is 26.0 Å². The first kappa shape index (κ1) is 19.0. The average molecular weight is 389 g/mol. The summed E-state index contributed by atoms with van der Waals surface area (Å²) in [6, 6.07) is 10.4. The number of hydrogen-bond acceptors (Lipinski definition) is 5. The molecule has 0 aliphatic heterocycles. The van der Waals surface area contributed by atoms with E-state index < -0.39 is 0 Å². The van der Waals surface area contributed by atoms with E-state index in [0.717, 1.165) is 13.1 Å². The first-order valence-corrected chi connectivity index (χ1v) is 8.83. The summed E-state index contributed by atoms with van der Waals surface area (Å²) in [7, 11) is 3.99. The SMILES string of the molecule is CN(C)CCn1cc(NC(=O)c2ccc(COc3cccc(Cl)c3)o2)cn1. The van der Waals surface area contributed by atoms with Crippen molar-refractivity contribution < 1.29 is 13.9 Å². The lowest BCUT2D eigenvalue weighted by Gasteiger charge is -2.08. The Morgan fingerprint density at radius 3 is 2.96 bits per heavy atom. The summed E-state index contributed by atoms with van der Waals surface area (Å²) in [5.74, 6) is 1.05. The molecule has 1 N–H and O–H groups in total. The van der Waals surface area contributed by atoms with Crippen LogP contribution in [0.3, 0.4) is 0 Å². The minimum Gasteiger partial charge on any atom is -0.486 e. The van der Waals surface area contributed by atoms with E-state index in [-0.39, 0.29) is 18.3 Å². The molecule has 0 spiro atoms. The molecule has 1 amide bonds. The molecule has 2 aromatic heterocycles. The second-order valence-corrected chi connectivity index (χ2v) is 6.70. The zero-order chi connectivity index (χ0) is 19.2. The number of furan rings is 1. The van der Waals surface area contributed by atoms with Crippen LogP contribution in [0.2, 0.25) is 5.02 Å². The second kappa shape index (κ2) is 8.75. The van der Waals surface area contributed by atoms with E-state index >= 15 is 0 Å². The highest BCUT2D eigenvalue weighted by molar-refractivity contribution is 6.30. The molecule has 0 aliphatic carbocycles. The molecule has 0 atom stereocenters. The molecular formula is C19H21ClN4O3. The summed E-state index contributed by atoms with van der Waals surface area (Å²) in [6.45, 7) is 1.81. The van der Waals surface area contributed by atoms with Crippen LogP contribution in [0.25, 0.3) is 0 Å². The molecule has 7 nitrogen and oxygen atoms in total. The van der Waals surface area contributed by atoms with Crippen molar-refractivity contribution in [1.82, 2.24) is 14.7 Å². The van der Waals surface area contributed by atoms with Crippen LogP contribution in [0.1, 0.15) is 16.3 Å². The highest BCUT2D eigenvalue weighted by atomic mass is 35.5. The van der Waals surface area contributed by atoms with Gasteiger partial charge in [0.2, 0.25) is 0 Å². The number of nitrogens with zero attached hydrogens (tertiary/aromatic N) is 3. The Bertz CT molecular complexity index is 904. The highest BCUT2D eigenvalue weighted by Crippen LogP contribution is 2.19. The Labute approximate surface area is 162 Å². The molecule has 0 radical (unpaired) electrons. The van der Waals surface area contributed by atoms with Gasteiger partial charge in [0.25, 0.3) is 5.91 Å². The van der Waals surface area contributed by atoms with Gasteiger partial charge < -0.3 is 19.4 Å². The number of likely N-dealkylation sites (N-methyl/N-ethyl adjacent to an activating group) is 1. The number of ether oxygens (including phenoxy) is 1. The molecule has 3 aromatic rings. The molecule has 142 valence electrons. The Balaban J connectivity index is 1.53. The van der Waals surface area contributed by atoms with Gasteiger partial charge in [0.15, 0.2) is 5.76 Å². The monoisotopic (exact) mass is 388 g/mol. The number of nitrogens with one attached hydrogen (secondary N) is 1. The van der Waals surface area contributed by atoms with Gasteiger partial charge in [-0.1, -0.05) is 17.7 Å². The van der Waals surface area contributed by atoms with E-state index in [1.807, 2.05) is 14.1 Å². The summed E-state index contributed by atoms with van der Waals surface area (Å²) in [5.41, 5.74) is 0.617. The third kappa shape index (κ3) is 5.60. The molecule has 0 unspecified atom stereocenters. The largest absolute Gasteiger partial charge is 0.486 e. The Morgan fingerprint density at radius 1 is 1.33 bits per heavy atom. The molecule has 27 heavy (non-hydrogen) atoms. The van der Waals surface area contributed by atoms with Crippen molar-refractivity contribution >= 4 is 23.2 Å². The van der Waals surface area contributed by atoms with Crippen LogP contribution < -0.4 is 10.1 Å². The van der Waals surface area contributed by atoms with Crippen molar-refractivity contribution in [2.24, 2.45) is 0 Å². The van der Waals surface area contributed by atoms with Gasteiger partial charge >= 0.3 is 0 Å². The molecule has 0 fully saturated rings. The summed E-state index contributed by atoms with van der Waals surface area (Å²) in [6.07, 6.45) is 3.40. The van der Waals surface area contributed by atoms with Gasteiger partial charge in [-0.15, -0.1) is 0 Å². The van der Waals surface area contributed by atoms with Crippen LogP contribution in [0.15, 0.2) is 53.2 Å². The number of rotatable bonds is 8. The van der Waals surface area contributed by atoms with E-state index in [1.165, 1.54) is 0 Å². The van der Waals surface area contributed by atoms with Crippen molar-refractivity contribution in [3.05, 3.63) is 65.3 Å². The second-order valence-electron chi connectivity index (χ2n) is 6.26. The number of carbonyl (C=O) groups is 1. The van der Waals surface area contributed by atoms with Gasteiger partial charge in [0.05, 0.1) is 18.4 Å². The topological polar surface area (TPSA) is 72.5 Å². The van der Waals surface area contributed by atoms with Crippen LogP contribution in [0, 0.1) is 0 Å². The fraction of sp³-hybridized carbons (Fsp3) is 0.263. The van der Waals surface area contributed by atoms with Crippen molar-refractivity contribution in [2.45, 2.75) is 13.2 Å². The summed E-state index contributed by atoms with van der Waals surface area (Å²) in [5, 5.41) is 7.59. The average Bonchev–Trinajstić information content (AvgIpc) is 3.27. The Morgan fingerprint density at radius 2 is 2.19 bits per heavy atom. The third-order valence-electron chi connectivity index (χ3n) is 3.73. The molecule has 3 rings (SSSR count). The Kier molecular flexibility index (Phi) is 6.16. The van der Waals surface area contributed by atoms with Crippen LogP contribution in [0.4, 0.5) is 5.69 Å². The Hall–Kier alpha value is -2.77. The zero-order valence-corrected chi connectivity index (χ0v) is 15.9. The van der Waals surface area contributed by atoms with E-state index in [1.54, 1.807) is 53.5 Å². The summed E-state index contributed by atoms with van der Waals surface area (Å²) < 4.78 is 12.9. The summed E-state index contributed by atoms with van der Waals surface area (Å²) in [4.78, 5) is 14.4. The van der Waals surface area contributed by atoms with Gasteiger partial charge in [-0.2, -0.15) is 5.10 Å². The third-order valence-corrected chi connectivity index (χ3v) is 3.97. The molecule has 0 bridgehead atoms. The maximum atomic E-state index is 12.3. The van der Waals surface area contributed by atoms with Gasteiger partial charge in [0.1, 0.15) is 18.1 Å². The first-order chi connectivity index (χ1) is 13.0.